The van der Waals surface area contributed by atoms with E-state index in [2.05, 4.69) is 6.58 Å². The molecule has 2 rings (SSSR count). The highest BCUT2D eigenvalue weighted by molar-refractivity contribution is 6.06. The number of hydrogen-bond acceptors (Lipinski definition) is 1. The van der Waals surface area contributed by atoms with E-state index >= 15 is 0 Å². The molecule has 0 saturated heterocycles. The van der Waals surface area contributed by atoms with Crippen molar-refractivity contribution in [3.8, 4) is 0 Å². The summed E-state index contributed by atoms with van der Waals surface area (Å²) < 4.78 is 38.4. The van der Waals surface area contributed by atoms with Crippen LogP contribution in [0.3, 0.4) is 0 Å². The van der Waals surface area contributed by atoms with Gasteiger partial charge in [-0.25, -0.2) is 0 Å². The fraction of sp³-hybridized carbons (Fsp3) is 0.250. The summed E-state index contributed by atoms with van der Waals surface area (Å²) in [6.45, 7) is 7.65. The number of carbonyl (C=O) groups is 1. The Balaban J connectivity index is 2.48. The van der Waals surface area contributed by atoms with E-state index in [9.17, 15) is 18.0 Å². The van der Waals surface area contributed by atoms with Crippen molar-refractivity contribution in [3.05, 3.63) is 78.4 Å². The fourth-order valence-corrected chi connectivity index (χ4v) is 2.63. The third-order valence-corrected chi connectivity index (χ3v) is 3.94. The number of nitrogens with zero attached hydrogens (tertiary/aromatic N) is 1. The molecular weight excluding hydrogens is 327 g/mol. The van der Waals surface area contributed by atoms with Crippen molar-refractivity contribution in [3.63, 3.8) is 0 Å². The van der Waals surface area contributed by atoms with Gasteiger partial charge < -0.3 is 4.90 Å². The first-order valence-electron chi connectivity index (χ1n) is 7.94. The van der Waals surface area contributed by atoms with Crippen molar-refractivity contribution in [2.45, 2.75) is 26.1 Å². The lowest BCUT2D eigenvalue weighted by molar-refractivity contribution is -0.137. The molecule has 1 atom stereocenters. The average Bonchev–Trinajstić information content (AvgIpc) is 2.59. The molecule has 0 unspecified atom stereocenters. The molecule has 0 aliphatic heterocycles. The Kier molecular flexibility index (Phi) is 5.67. The first-order valence-corrected chi connectivity index (χ1v) is 7.94. The maximum Gasteiger partial charge on any atom is 0.416 e. The number of anilines is 1. The summed E-state index contributed by atoms with van der Waals surface area (Å²) in [7, 11) is 0. The molecule has 2 aromatic carbocycles. The highest BCUT2D eigenvalue weighted by Crippen LogP contribution is 2.32. The van der Waals surface area contributed by atoms with Crippen molar-refractivity contribution >= 4 is 11.6 Å². The maximum atomic E-state index is 13.0. The Morgan fingerprint density at radius 2 is 1.60 bits per heavy atom. The number of rotatable bonds is 5. The second-order valence-electron chi connectivity index (χ2n) is 6.06. The third-order valence-electron chi connectivity index (χ3n) is 3.94. The molecule has 0 aromatic heterocycles. The molecule has 25 heavy (non-hydrogen) atoms. The Morgan fingerprint density at radius 1 is 1.04 bits per heavy atom. The summed E-state index contributed by atoms with van der Waals surface area (Å²) in [4.78, 5) is 14.5. The third kappa shape index (κ3) is 4.29. The zero-order valence-electron chi connectivity index (χ0n) is 14.1. The van der Waals surface area contributed by atoms with Gasteiger partial charge in [-0.2, -0.15) is 13.2 Å². The van der Waals surface area contributed by atoms with Crippen LogP contribution in [0.25, 0.3) is 0 Å². The van der Waals surface area contributed by atoms with Crippen molar-refractivity contribution < 1.29 is 18.0 Å². The van der Waals surface area contributed by atoms with Crippen LogP contribution in [0.2, 0.25) is 0 Å². The molecule has 1 amide bonds. The lowest BCUT2D eigenvalue weighted by Crippen LogP contribution is -2.42. The summed E-state index contributed by atoms with van der Waals surface area (Å²) in [5, 5.41) is 0. The second kappa shape index (κ2) is 7.55. The highest BCUT2D eigenvalue weighted by atomic mass is 19.4. The Morgan fingerprint density at radius 3 is 2.04 bits per heavy atom. The van der Waals surface area contributed by atoms with Gasteiger partial charge in [-0.3, -0.25) is 4.79 Å². The minimum Gasteiger partial charge on any atom is -0.301 e. The zero-order valence-corrected chi connectivity index (χ0v) is 14.1. The second-order valence-corrected chi connectivity index (χ2v) is 6.06. The molecule has 0 spiro atoms. The van der Waals surface area contributed by atoms with Crippen LogP contribution in [0.4, 0.5) is 18.9 Å². The number of hydrogen-bond donors (Lipinski definition) is 0. The molecule has 0 aliphatic carbocycles. The molecule has 0 radical (unpaired) electrons. The molecule has 2 nitrogen and oxygen atoms in total. The summed E-state index contributed by atoms with van der Waals surface area (Å²) in [5.41, 5.74) is 0.124. The summed E-state index contributed by atoms with van der Waals surface area (Å²) in [5.74, 6) is -0.230. The van der Waals surface area contributed by atoms with Gasteiger partial charge in [-0.1, -0.05) is 38.1 Å². The lowest BCUT2D eigenvalue weighted by Gasteiger charge is -2.33. The van der Waals surface area contributed by atoms with Crippen LogP contribution in [-0.2, 0) is 6.18 Å². The molecule has 5 heteroatoms. The van der Waals surface area contributed by atoms with E-state index in [0.29, 0.717) is 11.3 Å². The summed E-state index contributed by atoms with van der Waals surface area (Å²) in [6, 6.07) is 12.9. The van der Waals surface area contributed by atoms with Crippen LogP contribution in [0.5, 0.6) is 0 Å². The molecule has 0 bridgehead atoms. The number of benzene rings is 2. The van der Waals surface area contributed by atoms with Crippen LogP contribution in [0, 0.1) is 5.92 Å². The van der Waals surface area contributed by atoms with Crippen molar-refractivity contribution in [1.29, 1.82) is 0 Å². The van der Waals surface area contributed by atoms with Gasteiger partial charge in [0.2, 0.25) is 0 Å². The average molecular weight is 347 g/mol. The van der Waals surface area contributed by atoms with Gasteiger partial charge in [0.1, 0.15) is 0 Å². The van der Waals surface area contributed by atoms with E-state index in [0.717, 1.165) is 12.1 Å². The first-order chi connectivity index (χ1) is 11.8. The van der Waals surface area contributed by atoms with Gasteiger partial charge in [0.05, 0.1) is 11.6 Å². The molecule has 132 valence electrons. The van der Waals surface area contributed by atoms with Crippen molar-refractivity contribution in [2.24, 2.45) is 5.92 Å². The predicted molar refractivity (Wildman–Crippen MR) is 93.5 cm³/mol. The monoisotopic (exact) mass is 347 g/mol. The van der Waals surface area contributed by atoms with Gasteiger partial charge in [0.25, 0.3) is 5.91 Å². The van der Waals surface area contributed by atoms with Crippen LogP contribution in [-0.4, -0.2) is 11.9 Å². The summed E-state index contributed by atoms with van der Waals surface area (Å²) in [6.07, 6.45) is -2.77. The molecule has 0 fully saturated rings. The number of amides is 1. The highest BCUT2D eigenvalue weighted by Gasteiger charge is 2.31. The van der Waals surface area contributed by atoms with Gasteiger partial charge in [0, 0.05) is 11.3 Å². The van der Waals surface area contributed by atoms with Gasteiger partial charge >= 0.3 is 6.18 Å². The normalized spacial score (nSPS) is 12.7. The van der Waals surface area contributed by atoms with Crippen LogP contribution in [0.15, 0.2) is 67.3 Å². The van der Waals surface area contributed by atoms with Gasteiger partial charge in [0.15, 0.2) is 0 Å². The van der Waals surface area contributed by atoms with Gasteiger partial charge in [-0.15, -0.1) is 6.58 Å². The Labute approximate surface area is 145 Å². The van der Waals surface area contributed by atoms with Crippen LogP contribution in [0.1, 0.15) is 29.8 Å². The first kappa shape index (κ1) is 18.8. The quantitative estimate of drug-likeness (QED) is 0.648. The van der Waals surface area contributed by atoms with E-state index in [-0.39, 0.29) is 17.9 Å². The molecular formula is C20H20F3NO. The topological polar surface area (TPSA) is 20.3 Å². The van der Waals surface area contributed by atoms with E-state index in [1.165, 1.54) is 17.0 Å². The number of alkyl halides is 3. The van der Waals surface area contributed by atoms with E-state index in [4.69, 9.17) is 0 Å². The van der Waals surface area contributed by atoms with Gasteiger partial charge in [-0.05, 0) is 42.3 Å². The summed E-state index contributed by atoms with van der Waals surface area (Å²) >= 11 is 0. The number of halogens is 3. The van der Waals surface area contributed by atoms with E-state index in [1.54, 1.807) is 36.4 Å². The SMILES string of the molecule is C=C[C@@H](C(C)C)N(C(=O)c1ccccc1)c1ccc(C(F)(F)F)cc1. The smallest absolute Gasteiger partial charge is 0.301 e. The molecule has 0 N–H and O–H groups in total. The largest absolute Gasteiger partial charge is 0.416 e. The van der Waals surface area contributed by atoms with Crippen LogP contribution >= 0.6 is 0 Å². The lowest BCUT2D eigenvalue weighted by atomic mass is 10.00. The fourth-order valence-electron chi connectivity index (χ4n) is 2.63. The van der Waals surface area contributed by atoms with E-state index in [1.807, 2.05) is 13.8 Å². The Hall–Kier alpha value is -2.56. The standard InChI is InChI=1S/C20H20F3NO/c1-4-18(14(2)3)24(19(25)15-8-6-5-7-9-15)17-12-10-16(11-13-17)20(21,22)23/h4-14,18H,1H2,2-3H3/t18-/m0/s1. The van der Waals surface area contributed by atoms with Crippen molar-refractivity contribution in [2.75, 3.05) is 4.90 Å². The van der Waals surface area contributed by atoms with Crippen molar-refractivity contribution in [1.82, 2.24) is 0 Å². The maximum absolute atomic E-state index is 13.0. The van der Waals surface area contributed by atoms with Crippen LogP contribution < -0.4 is 4.90 Å². The molecule has 0 saturated carbocycles. The molecule has 0 aliphatic rings. The Bertz CT molecular complexity index is 721. The zero-order chi connectivity index (χ0) is 18.6. The predicted octanol–water partition coefficient (Wildman–Crippen LogP) is 5.56. The number of carbonyl (C=O) groups excluding carboxylic acids is 1. The molecule has 0 heterocycles. The minimum atomic E-state index is -4.41. The van der Waals surface area contributed by atoms with E-state index < -0.39 is 11.7 Å². The minimum absolute atomic E-state index is 0.0486. The molecule has 2 aromatic rings.